The lowest BCUT2D eigenvalue weighted by Gasteiger charge is -2.09. The molecule has 0 aliphatic carbocycles. The Bertz CT molecular complexity index is 116. The van der Waals surface area contributed by atoms with E-state index in [4.69, 9.17) is 0 Å². The summed E-state index contributed by atoms with van der Waals surface area (Å²) in [5.74, 6) is 0. The van der Waals surface area contributed by atoms with Crippen molar-refractivity contribution in [3.05, 3.63) is 0 Å². The van der Waals surface area contributed by atoms with Crippen molar-refractivity contribution >= 4 is 6.34 Å². The molecule has 0 saturated heterocycles. The molecule has 0 aromatic rings. The van der Waals surface area contributed by atoms with Crippen LogP contribution in [0.15, 0.2) is 4.99 Å². The number of hydrogen-bond donors (Lipinski definition) is 1. The fourth-order valence-electron chi connectivity index (χ4n) is 0.744. The van der Waals surface area contributed by atoms with Gasteiger partial charge in [0.1, 0.15) is 19.4 Å². The first-order valence-corrected chi connectivity index (χ1v) is 2.78. The number of nitrogens with zero attached hydrogens (tertiary/aromatic N) is 1. The standard InChI is InChI=1S/C5H8F2N2/c6-1-4-5(2-7)9-3-8-4/h3-5H,1-2H2,(H,8,9). The Morgan fingerprint density at radius 1 is 1.44 bits per heavy atom. The van der Waals surface area contributed by atoms with Gasteiger partial charge < -0.3 is 5.32 Å². The van der Waals surface area contributed by atoms with Crippen molar-refractivity contribution in [3.8, 4) is 0 Å². The monoisotopic (exact) mass is 134 g/mol. The van der Waals surface area contributed by atoms with Crippen LogP contribution < -0.4 is 5.32 Å². The van der Waals surface area contributed by atoms with Gasteiger partial charge in [-0.3, -0.25) is 4.99 Å². The van der Waals surface area contributed by atoms with Crippen molar-refractivity contribution in [2.75, 3.05) is 13.3 Å². The molecule has 0 fully saturated rings. The van der Waals surface area contributed by atoms with Crippen molar-refractivity contribution in [1.29, 1.82) is 0 Å². The molecule has 52 valence electrons. The average molecular weight is 134 g/mol. The van der Waals surface area contributed by atoms with Gasteiger partial charge in [-0.1, -0.05) is 0 Å². The highest BCUT2D eigenvalue weighted by molar-refractivity contribution is 5.58. The van der Waals surface area contributed by atoms with E-state index in [-0.39, 0.29) is 0 Å². The van der Waals surface area contributed by atoms with Crippen LogP contribution in [0.25, 0.3) is 0 Å². The van der Waals surface area contributed by atoms with Crippen LogP contribution >= 0.6 is 0 Å². The molecule has 2 atom stereocenters. The highest BCUT2D eigenvalue weighted by atomic mass is 19.1. The third kappa shape index (κ3) is 1.17. The second kappa shape index (κ2) is 2.75. The van der Waals surface area contributed by atoms with Crippen molar-refractivity contribution in [1.82, 2.24) is 5.32 Å². The van der Waals surface area contributed by atoms with E-state index >= 15 is 0 Å². The molecule has 0 radical (unpaired) electrons. The molecule has 0 spiro atoms. The zero-order valence-corrected chi connectivity index (χ0v) is 4.85. The predicted octanol–water partition coefficient (Wildman–Crippen LogP) is 0.294. The molecule has 0 aromatic heterocycles. The topological polar surface area (TPSA) is 24.4 Å². The first-order chi connectivity index (χ1) is 4.38. The summed E-state index contributed by atoms with van der Waals surface area (Å²) in [6.07, 6.45) is 1.36. The van der Waals surface area contributed by atoms with Crippen LogP contribution in [-0.2, 0) is 0 Å². The summed E-state index contributed by atoms with van der Waals surface area (Å²) in [6.45, 7) is -1.15. The molecule has 1 N–H and O–H groups in total. The SMILES string of the molecule is FCC1N=CNC1CF. The summed E-state index contributed by atoms with van der Waals surface area (Å²) in [6, 6.07) is -0.940. The van der Waals surface area contributed by atoms with E-state index in [2.05, 4.69) is 10.3 Å². The Labute approximate surface area is 52.0 Å². The summed E-state index contributed by atoms with van der Waals surface area (Å²) in [5, 5.41) is 2.60. The maximum absolute atomic E-state index is 11.8. The van der Waals surface area contributed by atoms with Crippen LogP contribution in [0.3, 0.4) is 0 Å². The molecule has 0 saturated carbocycles. The van der Waals surface area contributed by atoms with Gasteiger partial charge in [0.15, 0.2) is 0 Å². The van der Waals surface area contributed by atoms with Crippen LogP contribution in [0.2, 0.25) is 0 Å². The maximum atomic E-state index is 11.8. The van der Waals surface area contributed by atoms with Gasteiger partial charge in [0.25, 0.3) is 0 Å². The number of hydrogen-bond acceptors (Lipinski definition) is 2. The Hall–Kier alpha value is -0.670. The maximum Gasteiger partial charge on any atom is 0.114 e. The van der Waals surface area contributed by atoms with E-state index in [1.54, 1.807) is 0 Å². The van der Waals surface area contributed by atoms with Crippen LogP contribution in [0, 0.1) is 0 Å². The molecule has 1 aliphatic heterocycles. The third-order valence-electron chi connectivity index (χ3n) is 1.34. The van der Waals surface area contributed by atoms with Gasteiger partial charge in [-0.25, -0.2) is 8.78 Å². The van der Waals surface area contributed by atoms with Gasteiger partial charge in [-0.2, -0.15) is 0 Å². The van der Waals surface area contributed by atoms with E-state index in [1.165, 1.54) is 6.34 Å². The van der Waals surface area contributed by atoms with Gasteiger partial charge in [0.05, 0.1) is 12.4 Å². The van der Waals surface area contributed by atoms with Crippen molar-refractivity contribution in [3.63, 3.8) is 0 Å². The number of rotatable bonds is 2. The van der Waals surface area contributed by atoms with Crippen LogP contribution in [0.5, 0.6) is 0 Å². The highest BCUT2D eigenvalue weighted by Gasteiger charge is 2.22. The molecule has 2 nitrogen and oxygen atoms in total. The largest absolute Gasteiger partial charge is 0.369 e. The smallest absolute Gasteiger partial charge is 0.114 e. The summed E-state index contributed by atoms with van der Waals surface area (Å²) >= 11 is 0. The predicted molar refractivity (Wildman–Crippen MR) is 31.2 cm³/mol. The lowest BCUT2D eigenvalue weighted by Crippen LogP contribution is -2.34. The number of halogens is 2. The second-order valence-corrected chi connectivity index (χ2v) is 1.93. The van der Waals surface area contributed by atoms with Gasteiger partial charge in [-0.15, -0.1) is 0 Å². The van der Waals surface area contributed by atoms with Gasteiger partial charge >= 0.3 is 0 Å². The molecule has 9 heavy (non-hydrogen) atoms. The molecular weight excluding hydrogens is 126 g/mol. The molecular formula is C5H8F2N2. The Morgan fingerprint density at radius 3 is 2.67 bits per heavy atom. The summed E-state index contributed by atoms with van der Waals surface area (Å²) in [5.41, 5.74) is 0. The normalized spacial score (nSPS) is 32.7. The molecule has 1 aliphatic rings. The van der Waals surface area contributed by atoms with E-state index in [1.807, 2.05) is 0 Å². The van der Waals surface area contributed by atoms with Crippen molar-refractivity contribution in [2.24, 2.45) is 4.99 Å². The first-order valence-electron chi connectivity index (χ1n) is 2.78. The number of alkyl halides is 2. The Morgan fingerprint density at radius 2 is 2.22 bits per heavy atom. The first kappa shape index (κ1) is 6.45. The average Bonchev–Trinajstić information content (AvgIpc) is 2.33. The van der Waals surface area contributed by atoms with E-state index in [9.17, 15) is 8.78 Å². The molecule has 1 heterocycles. The van der Waals surface area contributed by atoms with E-state index in [0.717, 1.165) is 0 Å². The van der Waals surface area contributed by atoms with Crippen molar-refractivity contribution < 1.29 is 8.78 Å². The number of nitrogens with one attached hydrogen (secondary N) is 1. The van der Waals surface area contributed by atoms with Gasteiger partial charge in [0, 0.05) is 0 Å². The molecule has 2 unspecified atom stereocenters. The fraction of sp³-hybridized carbons (Fsp3) is 0.800. The molecule has 0 aromatic carbocycles. The van der Waals surface area contributed by atoms with E-state index < -0.39 is 25.4 Å². The lowest BCUT2D eigenvalue weighted by atomic mass is 10.2. The zero-order valence-electron chi connectivity index (χ0n) is 4.85. The molecule has 0 amide bonds. The summed E-state index contributed by atoms with van der Waals surface area (Å²) in [7, 11) is 0. The highest BCUT2D eigenvalue weighted by Crippen LogP contribution is 2.04. The quantitative estimate of drug-likeness (QED) is 0.577. The zero-order chi connectivity index (χ0) is 6.69. The minimum absolute atomic E-state index is 0.435. The van der Waals surface area contributed by atoms with Crippen molar-refractivity contribution in [2.45, 2.75) is 12.1 Å². The Kier molecular flexibility index (Phi) is 1.97. The van der Waals surface area contributed by atoms with Gasteiger partial charge in [-0.05, 0) is 0 Å². The van der Waals surface area contributed by atoms with Crippen LogP contribution in [-0.4, -0.2) is 31.8 Å². The minimum atomic E-state index is -0.585. The van der Waals surface area contributed by atoms with Crippen LogP contribution in [0.4, 0.5) is 8.78 Å². The lowest BCUT2D eigenvalue weighted by molar-refractivity contribution is 0.332. The van der Waals surface area contributed by atoms with E-state index in [0.29, 0.717) is 0 Å². The Balaban J connectivity index is 2.39. The fourth-order valence-corrected chi connectivity index (χ4v) is 0.744. The van der Waals surface area contributed by atoms with Gasteiger partial charge in [0.2, 0.25) is 0 Å². The summed E-state index contributed by atoms with van der Waals surface area (Å²) < 4.78 is 23.6. The minimum Gasteiger partial charge on any atom is -0.369 e. The molecule has 1 rings (SSSR count). The second-order valence-electron chi connectivity index (χ2n) is 1.93. The molecule has 0 bridgehead atoms. The number of aliphatic imine (C=N–C) groups is 1. The molecule has 4 heteroatoms. The van der Waals surface area contributed by atoms with Crippen LogP contribution in [0.1, 0.15) is 0 Å². The summed E-state index contributed by atoms with van der Waals surface area (Å²) in [4.78, 5) is 3.66. The third-order valence-corrected chi connectivity index (χ3v) is 1.34.